The molecule has 0 aliphatic carbocycles. The van der Waals surface area contributed by atoms with Crippen molar-refractivity contribution < 1.29 is 0 Å². The van der Waals surface area contributed by atoms with E-state index in [-0.39, 0.29) is 0 Å². The highest BCUT2D eigenvalue weighted by Crippen LogP contribution is 2.10. The van der Waals surface area contributed by atoms with Crippen LogP contribution in [-0.4, -0.2) is 11.5 Å². The van der Waals surface area contributed by atoms with Crippen molar-refractivity contribution in [1.82, 2.24) is 0 Å². The minimum absolute atomic E-state index is 0.611. The van der Waals surface area contributed by atoms with Crippen LogP contribution in [0.25, 0.3) is 0 Å². The van der Waals surface area contributed by atoms with Gasteiger partial charge in [-0.05, 0) is 24.3 Å². The highest BCUT2D eigenvalue weighted by molar-refractivity contribution is 7.98. The van der Waals surface area contributed by atoms with Gasteiger partial charge in [0.05, 0.1) is 0 Å². The third-order valence-corrected chi connectivity index (χ3v) is 1.90. The largest absolute Gasteiger partial charge is 0.228 e. The molecule has 0 aromatic carbocycles. The molecule has 0 aromatic heterocycles. The van der Waals surface area contributed by atoms with Crippen molar-refractivity contribution in [3.05, 3.63) is 0 Å². The van der Waals surface area contributed by atoms with E-state index in [0.29, 0.717) is 11.2 Å². The number of hydrogen-bond acceptors (Lipinski definition) is 2. The van der Waals surface area contributed by atoms with Gasteiger partial charge in [0.1, 0.15) is 0 Å². The first kappa shape index (κ1) is 10.0. The molecule has 0 bridgehead atoms. The van der Waals surface area contributed by atoms with Crippen LogP contribution in [0.4, 0.5) is 0 Å². The van der Waals surface area contributed by atoms with Gasteiger partial charge in [0.2, 0.25) is 0 Å². The molecule has 0 fully saturated rings. The lowest BCUT2D eigenvalue weighted by Gasteiger charge is -1.99. The molecule has 0 aromatic rings. The Morgan fingerprint density at radius 3 is 2.40 bits per heavy atom. The Balaban J connectivity index is 3.36. The molecule has 2 heteroatoms. The SMILES string of the molecule is CCC(C)C=NSC(C)C. The molecule has 0 N–H and O–H groups in total. The standard InChI is InChI=1S/C8H17NS/c1-5-8(4)6-9-10-7(2)3/h6-8H,5H2,1-4H3. The predicted molar refractivity (Wildman–Crippen MR) is 50.7 cm³/mol. The van der Waals surface area contributed by atoms with Gasteiger partial charge in [-0.2, -0.15) is 0 Å². The monoisotopic (exact) mass is 159 g/mol. The maximum absolute atomic E-state index is 4.23. The fraction of sp³-hybridized carbons (Fsp3) is 0.875. The van der Waals surface area contributed by atoms with Gasteiger partial charge in [-0.1, -0.05) is 27.7 Å². The summed E-state index contributed by atoms with van der Waals surface area (Å²) in [7, 11) is 0. The summed E-state index contributed by atoms with van der Waals surface area (Å²) < 4.78 is 4.23. The fourth-order valence-electron chi connectivity index (χ4n) is 0.366. The molecule has 0 heterocycles. The lowest BCUT2D eigenvalue weighted by atomic mass is 10.1. The molecule has 0 amide bonds. The predicted octanol–water partition coefficient (Wildman–Crippen LogP) is 3.16. The van der Waals surface area contributed by atoms with Gasteiger partial charge >= 0.3 is 0 Å². The summed E-state index contributed by atoms with van der Waals surface area (Å²) in [6.45, 7) is 8.67. The number of rotatable bonds is 4. The summed E-state index contributed by atoms with van der Waals surface area (Å²) in [5.74, 6) is 0.631. The van der Waals surface area contributed by atoms with Gasteiger partial charge < -0.3 is 0 Å². The number of nitrogens with zero attached hydrogens (tertiary/aromatic N) is 1. The van der Waals surface area contributed by atoms with Gasteiger partial charge in [-0.3, -0.25) is 0 Å². The minimum atomic E-state index is 0.611. The molecule has 10 heavy (non-hydrogen) atoms. The van der Waals surface area contributed by atoms with Crippen molar-refractivity contribution in [2.75, 3.05) is 0 Å². The molecular weight excluding hydrogens is 142 g/mol. The van der Waals surface area contributed by atoms with E-state index in [1.807, 2.05) is 6.21 Å². The van der Waals surface area contributed by atoms with Crippen LogP contribution < -0.4 is 0 Å². The smallest absolute Gasteiger partial charge is 0.0210 e. The highest BCUT2D eigenvalue weighted by atomic mass is 32.2. The summed E-state index contributed by atoms with van der Waals surface area (Å²) in [5, 5.41) is 0.611. The Bertz CT molecular complexity index is 99.4. The molecule has 1 unspecified atom stereocenters. The second-order valence-corrected chi connectivity index (χ2v) is 4.16. The van der Waals surface area contributed by atoms with E-state index in [9.17, 15) is 0 Å². The minimum Gasteiger partial charge on any atom is -0.228 e. The molecule has 1 nitrogen and oxygen atoms in total. The fourth-order valence-corrected chi connectivity index (χ4v) is 0.888. The van der Waals surface area contributed by atoms with Gasteiger partial charge in [-0.25, -0.2) is 4.40 Å². The maximum atomic E-state index is 4.23. The summed E-state index contributed by atoms with van der Waals surface area (Å²) in [4.78, 5) is 0. The average Bonchev–Trinajstić information content (AvgIpc) is 1.87. The second-order valence-electron chi connectivity index (χ2n) is 2.79. The molecule has 0 saturated heterocycles. The van der Waals surface area contributed by atoms with Crippen LogP contribution >= 0.6 is 11.9 Å². The van der Waals surface area contributed by atoms with Crippen LogP contribution in [0.2, 0.25) is 0 Å². The molecule has 0 radical (unpaired) electrons. The lowest BCUT2D eigenvalue weighted by Crippen LogP contribution is -1.92. The van der Waals surface area contributed by atoms with Crippen LogP contribution in [0.5, 0.6) is 0 Å². The Morgan fingerprint density at radius 1 is 1.40 bits per heavy atom. The van der Waals surface area contributed by atoms with E-state index < -0.39 is 0 Å². The Labute approximate surface area is 68.4 Å². The first-order chi connectivity index (χ1) is 4.66. The zero-order valence-corrected chi connectivity index (χ0v) is 8.11. The molecule has 0 aliphatic rings. The summed E-state index contributed by atoms with van der Waals surface area (Å²) in [6.07, 6.45) is 3.22. The first-order valence-electron chi connectivity index (χ1n) is 3.86. The van der Waals surface area contributed by atoms with Gasteiger partial charge in [0.15, 0.2) is 0 Å². The van der Waals surface area contributed by atoms with E-state index in [4.69, 9.17) is 0 Å². The van der Waals surface area contributed by atoms with E-state index in [0.717, 1.165) is 0 Å². The second kappa shape index (κ2) is 5.78. The Hall–Kier alpha value is 0.0200. The van der Waals surface area contributed by atoms with Crippen LogP contribution in [0.1, 0.15) is 34.1 Å². The normalized spacial score (nSPS) is 14.9. The van der Waals surface area contributed by atoms with Crippen molar-refractivity contribution in [2.24, 2.45) is 10.3 Å². The Morgan fingerprint density at radius 2 is 2.00 bits per heavy atom. The zero-order chi connectivity index (χ0) is 7.98. The molecule has 0 saturated carbocycles. The number of hydrogen-bond donors (Lipinski definition) is 0. The van der Waals surface area contributed by atoms with Crippen molar-refractivity contribution in [3.63, 3.8) is 0 Å². The first-order valence-corrected chi connectivity index (χ1v) is 4.69. The molecule has 1 atom stereocenters. The Kier molecular flexibility index (Phi) is 5.79. The maximum Gasteiger partial charge on any atom is 0.0210 e. The van der Waals surface area contributed by atoms with E-state index in [2.05, 4.69) is 32.1 Å². The summed E-state index contributed by atoms with van der Waals surface area (Å²) in [5.41, 5.74) is 0. The molecule has 0 spiro atoms. The molecular formula is C8H17NS. The van der Waals surface area contributed by atoms with E-state index >= 15 is 0 Å². The van der Waals surface area contributed by atoms with Crippen molar-refractivity contribution in [2.45, 2.75) is 39.4 Å². The molecule has 60 valence electrons. The lowest BCUT2D eigenvalue weighted by molar-refractivity contribution is 0.756. The third kappa shape index (κ3) is 6.14. The van der Waals surface area contributed by atoms with Crippen LogP contribution in [0.15, 0.2) is 4.40 Å². The van der Waals surface area contributed by atoms with E-state index in [1.165, 1.54) is 6.42 Å². The van der Waals surface area contributed by atoms with Crippen LogP contribution in [0, 0.1) is 5.92 Å². The van der Waals surface area contributed by atoms with Gasteiger partial charge in [0.25, 0.3) is 0 Å². The quantitative estimate of drug-likeness (QED) is 0.453. The van der Waals surface area contributed by atoms with Crippen molar-refractivity contribution in [3.8, 4) is 0 Å². The average molecular weight is 159 g/mol. The summed E-state index contributed by atoms with van der Waals surface area (Å²) in [6, 6.07) is 0. The molecule has 0 rings (SSSR count). The highest BCUT2D eigenvalue weighted by Gasteiger charge is 1.92. The van der Waals surface area contributed by atoms with Gasteiger partial charge in [-0.15, -0.1) is 0 Å². The van der Waals surface area contributed by atoms with Crippen LogP contribution in [0.3, 0.4) is 0 Å². The summed E-state index contributed by atoms with van der Waals surface area (Å²) >= 11 is 1.64. The van der Waals surface area contributed by atoms with Crippen LogP contribution in [-0.2, 0) is 0 Å². The third-order valence-electron chi connectivity index (χ3n) is 1.23. The van der Waals surface area contributed by atoms with Crippen molar-refractivity contribution in [1.29, 1.82) is 0 Å². The van der Waals surface area contributed by atoms with Crippen molar-refractivity contribution >= 4 is 18.2 Å². The zero-order valence-electron chi connectivity index (χ0n) is 7.29. The topological polar surface area (TPSA) is 12.4 Å². The van der Waals surface area contributed by atoms with E-state index in [1.54, 1.807) is 11.9 Å². The molecule has 0 aliphatic heterocycles. The van der Waals surface area contributed by atoms with Gasteiger partial charge in [0, 0.05) is 11.5 Å².